The van der Waals surface area contributed by atoms with Crippen molar-refractivity contribution in [3.05, 3.63) is 28.8 Å². The molecule has 4 heteroatoms. The lowest BCUT2D eigenvalue weighted by atomic mass is 10.0. The maximum atomic E-state index is 12.1. The Labute approximate surface area is 139 Å². The molecule has 1 aliphatic carbocycles. The van der Waals surface area contributed by atoms with E-state index in [1.807, 2.05) is 32.9 Å². The second-order valence-corrected chi connectivity index (χ2v) is 6.75. The summed E-state index contributed by atoms with van der Waals surface area (Å²) in [5.41, 5.74) is 4.05. The molecule has 0 aromatic heterocycles. The van der Waals surface area contributed by atoms with Crippen molar-refractivity contribution in [2.75, 3.05) is 5.32 Å². The largest absolute Gasteiger partial charge is 0.353 e. The average molecular weight is 316 g/mol. The molecule has 2 amide bonds. The lowest BCUT2D eigenvalue weighted by molar-refractivity contribution is -0.127. The monoisotopic (exact) mass is 316 g/mol. The lowest BCUT2D eigenvalue weighted by Gasteiger charge is -2.17. The zero-order valence-corrected chi connectivity index (χ0v) is 14.5. The first-order valence-electron chi connectivity index (χ1n) is 8.63. The van der Waals surface area contributed by atoms with Crippen molar-refractivity contribution in [2.24, 2.45) is 0 Å². The summed E-state index contributed by atoms with van der Waals surface area (Å²) in [6.07, 6.45) is 6.78. The number of rotatable bonds is 4. The van der Waals surface area contributed by atoms with Crippen LogP contribution in [0.4, 0.5) is 5.69 Å². The number of amides is 2. The highest BCUT2D eigenvalue weighted by Gasteiger charge is 2.17. The molecule has 126 valence electrons. The van der Waals surface area contributed by atoms with E-state index in [1.165, 1.54) is 31.2 Å². The Morgan fingerprint density at radius 2 is 1.52 bits per heavy atom. The predicted octanol–water partition coefficient (Wildman–Crippen LogP) is 3.78. The van der Waals surface area contributed by atoms with E-state index in [2.05, 4.69) is 10.6 Å². The smallest absolute Gasteiger partial charge is 0.233 e. The first-order valence-corrected chi connectivity index (χ1v) is 8.63. The van der Waals surface area contributed by atoms with Crippen molar-refractivity contribution < 1.29 is 9.59 Å². The molecular weight excluding hydrogens is 288 g/mol. The molecular formula is C19H28N2O2. The van der Waals surface area contributed by atoms with Gasteiger partial charge in [-0.25, -0.2) is 0 Å². The molecule has 1 aromatic carbocycles. The summed E-state index contributed by atoms with van der Waals surface area (Å²) in [4.78, 5) is 24.2. The molecule has 0 saturated heterocycles. The van der Waals surface area contributed by atoms with E-state index in [0.29, 0.717) is 0 Å². The Hall–Kier alpha value is -1.84. The van der Waals surface area contributed by atoms with Crippen LogP contribution in [0.5, 0.6) is 0 Å². The van der Waals surface area contributed by atoms with Crippen LogP contribution in [0.3, 0.4) is 0 Å². The van der Waals surface area contributed by atoms with Crippen LogP contribution in [-0.4, -0.2) is 17.9 Å². The summed E-state index contributed by atoms with van der Waals surface area (Å²) < 4.78 is 0. The Morgan fingerprint density at radius 3 is 2.09 bits per heavy atom. The van der Waals surface area contributed by atoms with Gasteiger partial charge in [-0.15, -0.1) is 0 Å². The molecule has 1 aromatic rings. The number of hydrogen-bond donors (Lipinski definition) is 2. The van der Waals surface area contributed by atoms with Gasteiger partial charge in [0, 0.05) is 11.7 Å². The van der Waals surface area contributed by atoms with Crippen molar-refractivity contribution in [3.8, 4) is 0 Å². The molecule has 1 fully saturated rings. The fourth-order valence-corrected chi connectivity index (χ4v) is 3.41. The van der Waals surface area contributed by atoms with Gasteiger partial charge in [-0.1, -0.05) is 43.4 Å². The molecule has 0 heterocycles. The van der Waals surface area contributed by atoms with E-state index in [9.17, 15) is 9.59 Å². The van der Waals surface area contributed by atoms with E-state index >= 15 is 0 Å². The SMILES string of the molecule is Cc1cc(C)c(NC(=O)CC(=O)NC2CCCCCC2)c(C)c1. The quantitative estimate of drug-likeness (QED) is 0.656. The number of carbonyl (C=O) groups is 2. The fourth-order valence-electron chi connectivity index (χ4n) is 3.41. The number of hydrogen-bond acceptors (Lipinski definition) is 2. The third-order valence-corrected chi connectivity index (χ3v) is 4.48. The van der Waals surface area contributed by atoms with Crippen molar-refractivity contribution >= 4 is 17.5 Å². The molecule has 0 bridgehead atoms. The third kappa shape index (κ3) is 5.38. The van der Waals surface area contributed by atoms with E-state index in [4.69, 9.17) is 0 Å². The Morgan fingerprint density at radius 1 is 0.957 bits per heavy atom. The fraction of sp³-hybridized carbons (Fsp3) is 0.579. The molecule has 2 rings (SSSR count). The lowest BCUT2D eigenvalue weighted by Crippen LogP contribution is -2.36. The van der Waals surface area contributed by atoms with Gasteiger partial charge in [0.25, 0.3) is 0 Å². The van der Waals surface area contributed by atoms with Gasteiger partial charge < -0.3 is 10.6 Å². The van der Waals surface area contributed by atoms with Gasteiger partial charge >= 0.3 is 0 Å². The summed E-state index contributed by atoms with van der Waals surface area (Å²) in [5, 5.41) is 5.90. The Balaban J connectivity index is 1.88. The highest BCUT2D eigenvalue weighted by atomic mass is 16.2. The first kappa shape index (κ1) is 17.5. The molecule has 23 heavy (non-hydrogen) atoms. The number of aryl methyl sites for hydroxylation is 3. The standard InChI is InChI=1S/C19H28N2O2/c1-13-10-14(2)19(15(3)11-13)21-18(23)12-17(22)20-16-8-6-4-5-7-9-16/h10-11,16H,4-9,12H2,1-3H3,(H,20,22)(H,21,23). The molecule has 0 atom stereocenters. The maximum absolute atomic E-state index is 12.1. The molecule has 1 saturated carbocycles. The van der Waals surface area contributed by atoms with Crippen LogP contribution in [0.2, 0.25) is 0 Å². The van der Waals surface area contributed by atoms with Crippen molar-refractivity contribution in [3.63, 3.8) is 0 Å². The molecule has 0 spiro atoms. The topological polar surface area (TPSA) is 58.2 Å². The first-order chi connectivity index (χ1) is 11.0. The van der Waals surface area contributed by atoms with Crippen LogP contribution in [0.25, 0.3) is 0 Å². The minimum Gasteiger partial charge on any atom is -0.353 e. The van der Waals surface area contributed by atoms with Gasteiger partial charge in [-0.05, 0) is 44.7 Å². The minimum atomic E-state index is -0.244. The van der Waals surface area contributed by atoms with Crippen LogP contribution in [-0.2, 0) is 9.59 Å². The van der Waals surface area contributed by atoms with Gasteiger partial charge in [0.2, 0.25) is 11.8 Å². The Bertz CT molecular complexity index is 550. The number of anilines is 1. The summed E-state index contributed by atoms with van der Waals surface area (Å²) in [6.45, 7) is 5.98. The maximum Gasteiger partial charge on any atom is 0.233 e. The van der Waals surface area contributed by atoms with Crippen LogP contribution in [0.15, 0.2) is 12.1 Å². The minimum absolute atomic E-state index is 0.108. The van der Waals surface area contributed by atoms with Crippen molar-refractivity contribution in [1.29, 1.82) is 0 Å². The molecule has 1 aliphatic rings. The number of benzene rings is 1. The van der Waals surface area contributed by atoms with Crippen molar-refractivity contribution in [1.82, 2.24) is 5.32 Å². The van der Waals surface area contributed by atoms with E-state index in [-0.39, 0.29) is 24.3 Å². The van der Waals surface area contributed by atoms with Crippen LogP contribution in [0.1, 0.15) is 61.6 Å². The number of carbonyl (C=O) groups excluding carboxylic acids is 2. The summed E-state index contributed by atoms with van der Waals surface area (Å²) in [6, 6.07) is 4.31. The molecule has 0 aliphatic heterocycles. The zero-order valence-electron chi connectivity index (χ0n) is 14.5. The highest BCUT2D eigenvalue weighted by molar-refractivity contribution is 6.04. The van der Waals surface area contributed by atoms with Gasteiger partial charge in [0.15, 0.2) is 0 Å². The summed E-state index contributed by atoms with van der Waals surface area (Å²) >= 11 is 0. The van der Waals surface area contributed by atoms with Gasteiger partial charge in [0.1, 0.15) is 6.42 Å². The average Bonchev–Trinajstić information content (AvgIpc) is 2.71. The molecule has 0 radical (unpaired) electrons. The third-order valence-electron chi connectivity index (χ3n) is 4.48. The van der Waals surface area contributed by atoms with Gasteiger partial charge in [0.05, 0.1) is 0 Å². The predicted molar refractivity (Wildman–Crippen MR) is 93.5 cm³/mol. The molecule has 4 nitrogen and oxygen atoms in total. The number of nitrogens with one attached hydrogen (secondary N) is 2. The molecule has 0 unspecified atom stereocenters. The summed E-state index contributed by atoms with van der Waals surface area (Å²) in [7, 11) is 0. The molecule has 2 N–H and O–H groups in total. The van der Waals surface area contributed by atoms with Crippen LogP contribution in [0, 0.1) is 20.8 Å². The van der Waals surface area contributed by atoms with Crippen LogP contribution < -0.4 is 10.6 Å². The van der Waals surface area contributed by atoms with E-state index in [1.54, 1.807) is 0 Å². The van der Waals surface area contributed by atoms with Crippen molar-refractivity contribution in [2.45, 2.75) is 71.8 Å². The summed E-state index contributed by atoms with van der Waals surface area (Å²) in [5.74, 6) is -0.414. The van der Waals surface area contributed by atoms with E-state index < -0.39 is 0 Å². The van der Waals surface area contributed by atoms with Crippen LogP contribution >= 0.6 is 0 Å². The van der Waals surface area contributed by atoms with E-state index in [0.717, 1.165) is 29.7 Å². The normalized spacial score (nSPS) is 15.8. The van der Waals surface area contributed by atoms with Gasteiger partial charge in [-0.2, -0.15) is 0 Å². The zero-order chi connectivity index (χ0) is 16.8. The van der Waals surface area contributed by atoms with Gasteiger partial charge in [-0.3, -0.25) is 9.59 Å². The second kappa shape index (κ2) is 8.14. The second-order valence-electron chi connectivity index (χ2n) is 6.75. The Kier molecular flexibility index (Phi) is 6.20. The highest BCUT2D eigenvalue weighted by Crippen LogP contribution is 2.22.